The highest BCUT2D eigenvalue weighted by atomic mass is 35.5. The fourth-order valence-electron chi connectivity index (χ4n) is 1.13. The standard InChI is InChI=1S/C11H13ClO3/c1-8(6-11(13)14)7-15-10-4-2-9(12)3-5-10/h2-5,8H,6-7H2,1H3,(H,13,14). The van der Waals surface area contributed by atoms with Crippen molar-refractivity contribution in [1.29, 1.82) is 0 Å². The van der Waals surface area contributed by atoms with E-state index in [0.717, 1.165) is 0 Å². The minimum atomic E-state index is -0.804. The Kier molecular flexibility index (Phi) is 4.43. The van der Waals surface area contributed by atoms with Gasteiger partial charge in [-0.3, -0.25) is 4.79 Å². The fourth-order valence-corrected chi connectivity index (χ4v) is 1.25. The van der Waals surface area contributed by atoms with E-state index in [1.165, 1.54) is 0 Å². The zero-order valence-corrected chi connectivity index (χ0v) is 9.20. The van der Waals surface area contributed by atoms with E-state index in [1.54, 1.807) is 24.3 Å². The largest absolute Gasteiger partial charge is 0.493 e. The lowest BCUT2D eigenvalue weighted by atomic mass is 10.1. The van der Waals surface area contributed by atoms with Crippen LogP contribution in [0.5, 0.6) is 5.75 Å². The number of hydrogen-bond acceptors (Lipinski definition) is 2. The Morgan fingerprint density at radius 2 is 2.07 bits per heavy atom. The van der Waals surface area contributed by atoms with Gasteiger partial charge in [0.15, 0.2) is 0 Å². The second-order valence-corrected chi connectivity index (χ2v) is 3.90. The first kappa shape index (κ1) is 11.9. The zero-order chi connectivity index (χ0) is 11.3. The quantitative estimate of drug-likeness (QED) is 0.843. The van der Waals surface area contributed by atoms with Gasteiger partial charge in [-0.15, -0.1) is 0 Å². The molecule has 82 valence electrons. The van der Waals surface area contributed by atoms with Crippen molar-refractivity contribution in [2.75, 3.05) is 6.61 Å². The number of halogens is 1. The highest BCUT2D eigenvalue weighted by molar-refractivity contribution is 6.30. The zero-order valence-electron chi connectivity index (χ0n) is 8.44. The van der Waals surface area contributed by atoms with Crippen LogP contribution in [0.15, 0.2) is 24.3 Å². The summed E-state index contributed by atoms with van der Waals surface area (Å²) in [5, 5.41) is 9.20. The molecule has 0 bridgehead atoms. The molecule has 0 saturated heterocycles. The van der Waals surface area contributed by atoms with Gasteiger partial charge in [-0.05, 0) is 24.3 Å². The van der Waals surface area contributed by atoms with Crippen LogP contribution in [-0.2, 0) is 4.79 Å². The number of benzene rings is 1. The smallest absolute Gasteiger partial charge is 0.303 e. The molecule has 1 rings (SSSR count). The molecule has 0 fully saturated rings. The molecule has 0 spiro atoms. The third-order valence-corrected chi connectivity index (χ3v) is 2.12. The van der Waals surface area contributed by atoms with E-state index in [0.29, 0.717) is 17.4 Å². The second-order valence-electron chi connectivity index (χ2n) is 3.47. The number of carbonyl (C=O) groups is 1. The number of ether oxygens (including phenoxy) is 1. The molecule has 4 heteroatoms. The van der Waals surface area contributed by atoms with Gasteiger partial charge in [0.25, 0.3) is 0 Å². The van der Waals surface area contributed by atoms with Crippen LogP contribution >= 0.6 is 11.6 Å². The van der Waals surface area contributed by atoms with Crippen LogP contribution in [0.3, 0.4) is 0 Å². The minimum Gasteiger partial charge on any atom is -0.493 e. The highest BCUT2D eigenvalue weighted by Gasteiger charge is 2.08. The summed E-state index contributed by atoms with van der Waals surface area (Å²) in [4.78, 5) is 10.4. The molecular weight excluding hydrogens is 216 g/mol. The van der Waals surface area contributed by atoms with Crippen molar-refractivity contribution in [3.05, 3.63) is 29.3 Å². The lowest BCUT2D eigenvalue weighted by Gasteiger charge is -2.10. The van der Waals surface area contributed by atoms with Gasteiger partial charge in [-0.2, -0.15) is 0 Å². The Balaban J connectivity index is 2.36. The number of carboxylic acid groups (broad SMARTS) is 1. The summed E-state index contributed by atoms with van der Waals surface area (Å²) >= 11 is 5.71. The summed E-state index contributed by atoms with van der Waals surface area (Å²) < 4.78 is 5.40. The van der Waals surface area contributed by atoms with Crippen molar-refractivity contribution < 1.29 is 14.6 Å². The molecule has 0 aromatic heterocycles. The van der Waals surface area contributed by atoms with Crippen LogP contribution in [0.4, 0.5) is 0 Å². The van der Waals surface area contributed by atoms with Crippen LogP contribution in [-0.4, -0.2) is 17.7 Å². The molecule has 1 aromatic carbocycles. The molecule has 0 aliphatic carbocycles. The Morgan fingerprint density at radius 1 is 1.47 bits per heavy atom. The number of hydrogen-bond donors (Lipinski definition) is 1. The molecule has 0 aliphatic rings. The Labute approximate surface area is 93.6 Å². The van der Waals surface area contributed by atoms with Gasteiger partial charge in [0.1, 0.15) is 5.75 Å². The van der Waals surface area contributed by atoms with E-state index in [1.807, 2.05) is 6.92 Å². The number of rotatable bonds is 5. The normalized spacial score (nSPS) is 12.1. The van der Waals surface area contributed by atoms with Crippen LogP contribution in [0.2, 0.25) is 5.02 Å². The van der Waals surface area contributed by atoms with Crippen molar-refractivity contribution in [3.8, 4) is 5.75 Å². The molecule has 3 nitrogen and oxygen atoms in total. The van der Waals surface area contributed by atoms with E-state index in [4.69, 9.17) is 21.4 Å². The first-order valence-corrected chi connectivity index (χ1v) is 5.06. The molecule has 1 aromatic rings. The lowest BCUT2D eigenvalue weighted by Crippen LogP contribution is -2.12. The maximum absolute atomic E-state index is 10.4. The Hall–Kier alpha value is -1.22. The van der Waals surface area contributed by atoms with Gasteiger partial charge in [0, 0.05) is 10.9 Å². The molecule has 1 unspecified atom stereocenters. The van der Waals surface area contributed by atoms with E-state index >= 15 is 0 Å². The monoisotopic (exact) mass is 228 g/mol. The van der Waals surface area contributed by atoms with Gasteiger partial charge < -0.3 is 9.84 Å². The summed E-state index contributed by atoms with van der Waals surface area (Å²) in [6.07, 6.45) is 0.119. The van der Waals surface area contributed by atoms with Crippen molar-refractivity contribution in [2.45, 2.75) is 13.3 Å². The maximum Gasteiger partial charge on any atom is 0.303 e. The van der Waals surface area contributed by atoms with Gasteiger partial charge in [0.2, 0.25) is 0 Å². The summed E-state index contributed by atoms with van der Waals surface area (Å²) in [7, 11) is 0. The molecule has 1 atom stereocenters. The summed E-state index contributed by atoms with van der Waals surface area (Å²) in [6, 6.07) is 6.99. The molecule has 0 heterocycles. The number of carboxylic acids is 1. The third-order valence-electron chi connectivity index (χ3n) is 1.87. The van der Waals surface area contributed by atoms with E-state index in [2.05, 4.69) is 0 Å². The molecular formula is C11H13ClO3. The van der Waals surface area contributed by atoms with Crippen LogP contribution in [0.1, 0.15) is 13.3 Å². The Bertz CT molecular complexity index is 321. The number of aliphatic carboxylic acids is 1. The van der Waals surface area contributed by atoms with E-state index in [9.17, 15) is 4.79 Å². The lowest BCUT2D eigenvalue weighted by molar-refractivity contribution is -0.138. The Morgan fingerprint density at radius 3 is 2.60 bits per heavy atom. The maximum atomic E-state index is 10.4. The predicted octanol–water partition coefficient (Wildman–Crippen LogP) is 2.83. The molecule has 0 aliphatic heterocycles. The fraction of sp³-hybridized carbons (Fsp3) is 0.364. The van der Waals surface area contributed by atoms with E-state index < -0.39 is 5.97 Å². The minimum absolute atomic E-state index is 0.00169. The summed E-state index contributed by atoms with van der Waals surface area (Å²) in [5.74, 6) is -0.1000. The third kappa shape index (κ3) is 4.70. The van der Waals surface area contributed by atoms with Gasteiger partial charge in [-0.1, -0.05) is 18.5 Å². The SMILES string of the molecule is CC(COc1ccc(Cl)cc1)CC(=O)O. The average Bonchev–Trinajstić information content (AvgIpc) is 2.16. The van der Waals surface area contributed by atoms with Crippen molar-refractivity contribution in [3.63, 3.8) is 0 Å². The van der Waals surface area contributed by atoms with Crippen molar-refractivity contribution in [2.24, 2.45) is 5.92 Å². The summed E-state index contributed by atoms with van der Waals surface area (Å²) in [5.41, 5.74) is 0. The highest BCUT2D eigenvalue weighted by Crippen LogP contribution is 2.16. The first-order chi connectivity index (χ1) is 7.08. The first-order valence-electron chi connectivity index (χ1n) is 4.68. The van der Waals surface area contributed by atoms with Gasteiger partial charge >= 0.3 is 5.97 Å². The van der Waals surface area contributed by atoms with Gasteiger partial charge in [0.05, 0.1) is 13.0 Å². The van der Waals surface area contributed by atoms with Crippen molar-refractivity contribution >= 4 is 17.6 Å². The van der Waals surface area contributed by atoms with Crippen LogP contribution < -0.4 is 4.74 Å². The topological polar surface area (TPSA) is 46.5 Å². The molecule has 1 N–H and O–H groups in total. The molecule has 0 amide bonds. The predicted molar refractivity (Wildman–Crippen MR) is 58.4 cm³/mol. The van der Waals surface area contributed by atoms with E-state index in [-0.39, 0.29) is 12.3 Å². The molecule has 0 radical (unpaired) electrons. The van der Waals surface area contributed by atoms with Crippen molar-refractivity contribution in [1.82, 2.24) is 0 Å². The van der Waals surface area contributed by atoms with Crippen LogP contribution in [0.25, 0.3) is 0 Å². The summed E-state index contributed by atoms with van der Waals surface area (Å²) in [6.45, 7) is 2.23. The molecule has 15 heavy (non-hydrogen) atoms. The van der Waals surface area contributed by atoms with Gasteiger partial charge in [-0.25, -0.2) is 0 Å². The molecule has 0 saturated carbocycles. The van der Waals surface area contributed by atoms with Crippen LogP contribution in [0, 0.1) is 5.92 Å². The second kappa shape index (κ2) is 5.61. The average molecular weight is 229 g/mol.